The van der Waals surface area contributed by atoms with E-state index in [4.69, 9.17) is 4.98 Å². The van der Waals surface area contributed by atoms with Crippen LogP contribution in [0.25, 0.3) is 44.1 Å². The molecule has 5 heteroatoms. The van der Waals surface area contributed by atoms with Crippen molar-refractivity contribution in [2.75, 3.05) is 5.43 Å². The fourth-order valence-electron chi connectivity index (χ4n) is 4.30. The predicted octanol–water partition coefficient (Wildman–Crippen LogP) is 6.96. The SMILES string of the molecule is C(=N/Nc1nnc(-c2ccccc2)c(-c2ccccc2)n1)/c1c2ccccc2cc2ccccc12. The van der Waals surface area contributed by atoms with Gasteiger partial charge in [0.15, 0.2) is 0 Å². The molecule has 0 radical (unpaired) electrons. The lowest BCUT2D eigenvalue weighted by molar-refractivity contribution is 0.973. The second-order valence-electron chi connectivity index (χ2n) is 8.17. The molecule has 5 nitrogen and oxygen atoms in total. The second-order valence-corrected chi connectivity index (χ2v) is 8.17. The molecular weight excluding hydrogens is 430 g/mol. The van der Waals surface area contributed by atoms with Gasteiger partial charge in [-0.25, -0.2) is 10.4 Å². The van der Waals surface area contributed by atoms with Gasteiger partial charge in [0.1, 0.15) is 11.4 Å². The van der Waals surface area contributed by atoms with E-state index in [0.29, 0.717) is 5.95 Å². The van der Waals surface area contributed by atoms with Crippen molar-refractivity contribution in [2.24, 2.45) is 5.10 Å². The van der Waals surface area contributed by atoms with E-state index in [1.54, 1.807) is 0 Å². The molecule has 0 saturated carbocycles. The minimum absolute atomic E-state index is 0.337. The van der Waals surface area contributed by atoms with Crippen LogP contribution in [0.4, 0.5) is 5.95 Å². The number of benzene rings is 5. The normalized spacial score (nSPS) is 11.3. The third kappa shape index (κ3) is 4.11. The summed E-state index contributed by atoms with van der Waals surface area (Å²) in [5.74, 6) is 0.337. The van der Waals surface area contributed by atoms with Crippen LogP contribution >= 0.6 is 0 Å². The van der Waals surface area contributed by atoms with Gasteiger partial charge in [-0.1, -0.05) is 109 Å². The highest BCUT2D eigenvalue weighted by atomic mass is 15.4. The Labute approximate surface area is 202 Å². The lowest BCUT2D eigenvalue weighted by Crippen LogP contribution is -2.03. The van der Waals surface area contributed by atoms with Gasteiger partial charge < -0.3 is 0 Å². The topological polar surface area (TPSA) is 63.1 Å². The van der Waals surface area contributed by atoms with E-state index in [-0.39, 0.29) is 0 Å². The van der Waals surface area contributed by atoms with Crippen LogP contribution in [0.5, 0.6) is 0 Å². The zero-order valence-electron chi connectivity index (χ0n) is 18.8. The van der Waals surface area contributed by atoms with Gasteiger partial charge in [0.2, 0.25) is 0 Å². The van der Waals surface area contributed by atoms with Crippen molar-refractivity contribution in [1.29, 1.82) is 0 Å². The van der Waals surface area contributed by atoms with Crippen LogP contribution in [0.1, 0.15) is 5.56 Å². The number of nitrogens with zero attached hydrogens (tertiary/aromatic N) is 4. The number of fused-ring (bicyclic) bond motifs is 2. The van der Waals surface area contributed by atoms with Crippen molar-refractivity contribution in [1.82, 2.24) is 15.2 Å². The molecule has 1 aromatic heterocycles. The summed E-state index contributed by atoms with van der Waals surface area (Å²) < 4.78 is 0. The third-order valence-corrected chi connectivity index (χ3v) is 5.95. The highest BCUT2D eigenvalue weighted by molar-refractivity contribution is 6.13. The Morgan fingerprint density at radius 3 is 1.74 bits per heavy atom. The van der Waals surface area contributed by atoms with Crippen molar-refractivity contribution in [3.8, 4) is 22.5 Å². The summed E-state index contributed by atoms with van der Waals surface area (Å²) in [5, 5.41) is 17.9. The fraction of sp³-hybridized carbons (Fsp3) is 0. The highest BCUT2D eigenvalue weighted by Crippen LogP contribution is 2.29. The lowest BCUT2D eigenvalue weighted by atomic mass is 9.97. The van der Waals surface area contributed by atoms with Gasteiger partial charge in [0.25, 0.3) is 5.95 Å². The molecule has 0 saturated heterocycles. The number of rotatable bonds is 5. The standard InChI is InChI=1S/C30H21N5/c1-3-11-21(12-4-1)28-29(22-13-5-2-6-14-22)33-35-30(32-28)34-31-20-27-25-17-9-7-15-23(25)19-24-16-8-10-18-26(24)27/h1-20H,(H,32,34,35)/b31-20-. The zero-order chi connectivity index (χ0) is 23.5. The molecule has 6 aromatic rings. The van der Waals surface area contributed by atoms with Gasteiger partial charge >= 0.3 is 0 Å². The van der Waals surface area contributed by atoms with Gasteiger partial charge in [0.05, 0.1) is 6.21 Å². The second kappa shape index (κ2) is 9.15. The van der Waals surface area contributed by atoms with Crippen LogP contribution in [-0.2, 0) is 0 Å². The van der Waals surface area contributed by atoms with Crippen molar-refractivity contribution in [3.05, 3.63) is 121 Å². The monoisotopic (exact) mass is 451 g/mol. The molecule has 0 aliphatic rings. The molecule has 0 unspecified atom stereocenters. The third-order valence-electron chi connectivity index (χ3n) is 5.95. The molecule has 0 amide bonds. The number of hydrogen-bond acceptors (Lipinski definition) is 5. The van der Waals surface area contributed by atoms with Crippen LogP contribution in [0, 0.1) is 0 Å². The Balaban J connectivity index is 1.39. The summed E-state index contributed by atoms with van der Waals surface area (Å²) >= 11 is 0. The first-order chi connectivity index (χ1) is 17.4. The fourth-order valence-corrected chi connectivity index (χ4v) is 4.30. The van der Waals surface area contributed by atoms with E-state index in [9.17, 15) is 0 Å². The van der Waals surface area contributed by atoms with Gasteiger partial charge in [-0.05, 0) is 27.6 Å². The molecule has 1 N–H and O–H groups in total. The smallest absolute Gasteiger partial charge is 0.244 e. The van der Waals surface area contributed by atoms with Crippen molar-refractivity contribution >= 4 is 33.7 Å². The van der Waals surface area contributed by atoms with Crippen LogP contribution < -0.4 is 5.43 Å². The molecule has 35 heavy (non-hydrogen) atoms. The van der Waals surface area contributed by atoms with E-state index in [2.05, 4.69) is 63.2 Å². The van der Waals surface area contributed by atoms with Crippen molar-refractivity contribution in [3.63, 3.8) is 0 Å². The Morgan fingerprint density at radius 1 is 0.571 bits per heavy atom. The Bertz CT molecular complexity index is 1610. The number of hydrazone groups is 1. The molecule has 0 aliphatic heterocycles. The summed E-state index contributed by atoms with van der Waals surface area (Å²) in [4.78, 5) is 4.78. The maximum Gasteiger partial charge on any atom is 0.263 e. The summed E-state index contributed by atoms with van der Waals surface area (Å²) in [6.45, 7) is 0. The Hall–Kier alpha value is -4.90. The molecule has 0 atom stereocenters. The number of aromatic nitrogens is 3. The summed E-state index contributed by atoms with van der Waals surface area (Å²) in [7, 11) is 0. The number of anilines is 1. The van der Waals surface area contributed by atoms with E-state index >= 15 is 0 Å². The zero-order valence-corrected chi connectivity index (χ0v) is 18.8. The van der Waals surface area contributed by atoms with Crippen LogP contribution in [-0.4, -0.2) is 21.4 Å². The maximum absolute atomic E-state index is 4.78. The molecule has 0 fully saturated rings. The first-order valence-corrected chi connectivity index (χ1v) is 11.4. The number of nitrogens with one attached hydrogen (secondary N) is 1. The summed E-state index contributed by atoms with van der Waals surface area (Å²) in [6.07, 6.45) is 1.83. The molecule has 1 heterocycles. The lowest BCUT2D eigenvalue weighted by Gasteiger charge is -2.10. The summed E-state index contributed by atoms with van der Waals surface area (Å²) in [5.41, 5.74) is 7.45. The van der Waals surface area contributed by atoms with E-state index < -0.39 is 0 Å². The van der Waals surface area contributed by atoms with Crippen LogP contribution in [0.3, 0.4) is 0 Å². The minimum Gasteiger partial charge on any atom is -0.244 e. The highest BCUT2D eigenvalue weighted by Gasteiger charge is 2.13. The van der Waals surface area contributed by atoms with Gasteiger partial charge in [0, 0.05) is 16.7 Å². The molecule has 0 spiro atoms. The van der Waals surface area contributed by atoms with Gasteiger partial charge in [-0.3, -0.25) is 0 Å². The van der Waals surface area contributed by atoms with Gasteiger partial charge in [-0.2, -0.15) is 5.10 Å². The molecule has 166 valence electrons. The molecular formula is C30H21N5. The summed E-state index contributed by atoms with van der Waals surface area (Å²) in [6, 6.07) is 38.8. The number of hydrogen-bond donors (Lipinski definition) is 1. The average Bonchev–Trinajstić information content (AvgIpc) is 2.93. The van der Waals surface area contributed by atoms with E-state index in [1.807, 2.05) is 79.0 Å². The largest absolute Gasteiger partial charge is 0.263 e. The first kappa shape index (κ1) is 20.7. The average molecular weight is 452 g/mol. The molecule has 0 aliphatic carbocycles. The Morgan fingerprint density at radius 2 is 1.11 bits per heavy atom. The quantitative estimate of drug-likeness (QED) is 0.175. The first-order valence-electron chi connectivity index (χ1n) is 11.4. The molecule has 0 bridgehead atoms. The van der Waals surface area contributed by atoms with E-state index in [0.717, 1.165) is 38.9 Å². The van der Waals surface area contributed by atoms with Crippen LogP contribution in [0.15, 0.2) is 120 Å². The van der Waals surface area contributed by atoms with Crippen molar-refractivity contribution < 1.29 is 0 Å². The minimum atomic E-state index is 0.337. The maximum atomic E-state index is 4.78. The van der Waals surface area contributed by atoms with Crippen molar-refractivity contribution in [2.45, 2.75) is 0 Å². The molecule has 5 aromatic carbocycles. The Kier molecular flexibility index (Phi) is 5.41. The predicted molar refractivity (Wildman–Crippen MR) is 143 cm³/mol. The van der Waals surface area contributed by atoms with Crippen LogP contribution in [0.2, 0.25) is 0 Å². The molecule has 6 rings (SSSR count). The van der Waals surface area contributed by atoms with E-state index in [1.165, 1.54) is 10.8 Å². The van der Waals surface area contributed by atoms with Gasteiger partial charge in [-0.15, -0.1) is 10.2 Å².